The van der Waals surface area contributed by atoms with Crippen LogP contribution in [0.5, 0.6) is 5.75 Å². The second kappa shape index (κ2) is 7.08. The molecule has 1 atom stereocenters. The van der Waals surface area contributed by atoms with Gasteiger partial charge in [-0.3, -0.25) is 4.98 Å². The van der Waals surface area contributed by atoms with Crippen LogP contribution in [0, 0.1) is 0 Å². The van der Waals surface area contributed by atoms with Crippen LogP contribution in [0.15, 0.2) is 36.7 Å². The van der Waals surface area contributed by atoms with E-state index in [1.165, 1.54) is 0 Å². The van der Waals surface area contributed by atoms with Crippen molar-refractivity contribution in [2.45, 2.75) is 12.3 Å². The zero-order valence-electron chi connectivity index (χ0n) is 15.1. The number of imidazole rings is 1. The molecule has 1 aliphatic rings. The number of urea groups is 1. The lowest BCUT2D eigenvalue weighted by Crippen LogP contribution is -2.33. The molecule has 1 aromatic carbocycles. The zero-order chi connectivity index (χ0) is 19.0. The number of rotatable bonds is 3. The third kappa shape index (κ3) is 3.30. The highest BCUT2D eigenvalue weighted by Crippen LogP contribution is 2.31. The number of ether oxygens (including phenoxy) is 1. The van der Waals surface area contributed by atoms with E-state index in [1.54, 1.807) is 36.4 Å². The van der Waals surface area contributed by atoms with Crippen molar-refractivity contribution in [2.24, 2.45) is 7.05 Å². The number of amides is 2. The molecule has 1 N–H and O–H groups in total. The number of fused-ring (bicyclic) bond motifs is 1. The standard InChI is InChI=1S/C19H20ClN5O2/c1-24-16-10-21-7-5-14(16)22-18(24)12-6-8-25(11-12)19(26)23-15-9-13(20)3-4-17(15)27-2/h3-5,7,9-10,12H,6,8,11H2,1-2H3,(H,23,26). The quantitative estimate of drug-likeness (QED) is 0.746. The van der Waals surface area contributed by atoms with Gasteiger partial charge in [-0.05, 0) is 30.7 Å². The van der Waals surface area contributed by atoms with E-state index in [9.17, 15) is 4.79 Å². The third-order valence-corrected chi connectivity index (χ3v) is 5.20. The van der Waals surface area contributed by atoms with Gasteiger partial charge in [-0.15, -0.1) is 0 Å². The number of anilines is 1. The van der Waals surface area contributed by atoms with Gasteiger partial charge in [-0.1, -0.05) is 11.6 Å². The Labute approximate surface area is 161 Å². The second-order valence-corrected chi connectivity index (χ2v) is 7.04. The van der Waals surface area contributed by atoms with E-state index < -0.39 is 0 Å². The molecule has 1 saturated heterocycles. The monoisotopic (exact) mass is 385 g/mol. The van der Waals surface area contributed by atoms with E-state index in [1.807, 2.05) is 19.3 Å². The summed E-state index contributed by atoms with van der Waals surface area (Å²) < 4.78 is 7.36. The van der Waals surface area contributed by atoms with Gasteiger partial charge in [0.2, 0.25) is 0 Å². The normalized spacial score (nSPS) is 16.7. The summed E-state index contributed by atoms with van der Waals surface area (Å²) in [5.41, 5.74) is 2.49. The van der Waals surface area contributed by atoms with Crippen molar-refractivity contribution in [1.82, 2.24) is 19.4 Å². The number of hydrogen-bond acceptors (Lipinski definition) is 4. The summed E-state index contributed by atoms with van der Waals surface area (Å²) in [4.78, 5) is 23.4. The molecule has 1 unspecified atom stereocenters. The minimum Gasteiger partial charge on any atom is -0.495 e. The lowest BCUT2D eigenvalue weighted by atomic mass is 10.1. The van der Waals surface area contributed by atoms with Crippen molar-refractivity contribution < 1.29 is 9.53 Å². The van der Waals surface area contributed by atoms with Crippen molar-refractivity contribution in [2.75, 3.05) is 25.5 Å². The van der Waals surface area contributed by atoms with Crippen molar-refractivity contribution in [3.63, 3.8) is 0 Å². The van der Waals surface area contributed by atoms with Crippen LogP contribution in [0.3, 0.4) is 0 Å². The van der Waals surface area contributed by atoms with Gasteiger partial charge in [-0.2, -0.15) is 0 Å². The van der Waals surface area contributed by atoms with E-state index in [-0.39, 0.29) is 11.9 Å². The molecular weight excluding hydrogens is 366 g/mol. The first-order valence-corrected chi connectivity index (χ1v) is 9.10. The van der Waals surface area contributed by atoms with Crippen LogP contribution < -0.4 is 10.1 Å². The lowest BCUT2D eigenvalue weighted by Gasteiger charge is -2.18. The van der Waals surface area contributed by atoms with E-state index in [4.69, 9.17) is 21.3 Å². The molecule has 3 aromatic rings. The fourth-order valence-corrected chi connectivity index (χ4v) is 3.72. The number of carbonyl (C=O) groups is 1. The number of aryl methyl sites for hydroxylation is 1. The maximum absolute atomic E-state index is 12.7. The minimum absolute atomic E-state index is 0.168. The largest absolute Gasteiger partial charge is 0.495 e. The lowest BCUT2D eigenvalue weighted by molar-refractivity contribution is 0.221. The molecule has 3 heterocycles. The molecule has 0 spiro atoms. The molecule has 140 valence electrons. The highest BCUT2D eigenvalue weighted by molar-refractivity contribution is 6.31. The molecule has 27 heavy (non-hydrogen) atoms. The molecular formula is C19H20ClN5O2. The number of likely N-dealkylation sites (tertiary alicyclic amines) is 1. The first-order chi connectivity index (χ1) is 13.1. The summed E-state index contributed by atoms with van der Waals surface area (Å²) in [6.45, 7) is 1.28. The molecule has 1 aliphatic heterocycles. The van der Waals surface area contributed by atoms with E-state index in [2.05, 4.69) is 14.9 Å². The summed E-state index contributed by atoms with van der Waals surface area (Å²) >= 11 is 6.04. The molecule has 2 aromatic heterocycles. The maximum atomic E-state index is 12.7. The van der Waals surface area contributed by atoms with Gasteiger partial charge in [0, 0.05) is 37.3 Å². The smallest absolute Gasteiger partial charge is 0.321 e. The van der Waals surface area contributed by atoms with Gasteiger partial charge in [0.25, 0.3) is 0 Å². The van der Waals surface area contributed by atoms with Crippen molar-refractivity contribution in [3.05, 3.63) is 47.5 Å². The van der Waals surface area contributed by atoms with Gasteiger partial charge in [-0.25, -0.2) is 9.78 Å². The Morgan fingerprint density at radius 2 is 2.22 bits per heavy atom. The fourth-order valence-electron chi connectivity index (χ4n) is 3.55. The number of benzene rings is 1. The van der Waals surface area contributed by atoms with Crippen LogP contribution in [0.1, 0.15) is 18.2 Å². The topological polar surface area (TPSA) is 72.3 Å². The van der Waals surface area contributed by atoms with Crippen molar-refractivity contribution in [1.29, 1.82) is 0 Å². The van der Waals surface area contributed by atoms with Crippen molar-refractivity contribution >= 4 is 34.4 Å². The number of hydrogen-bond donors (Lipinski definition) is 1. The third-order valence-electron chi connectivity index (χ3n) is 4.96. The molecule has 0 bridgehead atoms. The molecule has 8 heteroatoms. The molecule has 0 radical (unpaired) electrons. The number of nitrogens with zero attached hydrogens (tertiary/aromatic N) is 4. The van der Waals surface area contributed by atoms with Crippen LogP contribution >= 0.6 is 11.6 Å². The highest BCUT2D eigenvalue weighted by Gasteiger charge is 2.30. The predicted molar refractivity (Wildman–Crippen MR) is 104 cm³/mol. The van der Waals surface area contributed by atoms with Crippen molar-refractivity contribution in [3.8, 4) is 5.75 Å². The molecule has 0 saturated carbocycles. The first kappa shape index (κ1) is 17.6. The van der Waals surface area contributed by atoms with Crippen LogP contribution in [0.4, 0.5) is 10.5 Å². The van der Waals surface area contributed by atoms with Crippen LogP contribution in [-0.4, -0.2) is 45.7 Å². The van der Waals surface area contributed by atoms with E-state index in [0.717, 1.165) is 23.3 Å². The molecule has 1 fully saturated rings. The maximum Gasteiger partial charge on any atom is 0.321 e. The Morgan fingerprint density at radius 1 is 1.37 bits per heavy atom. The number of nitrogens with one attached hydrogen (secondary N) is 1. The van der Waals surface area contributed by atoms with Crippen LogP contribution in [-0.2, 0) is 7.05 Å². The van der Waals surface area contributed by atoms with Gasteiger partial charge in [0.1, 0.15) is 11.6 Å². The number of halogens is 1. The summed E-state index contributed by atoms with van der Waals surface area (Å²) in [5, 5.41) is 3.44. The van der Waals surface area contributed by atoms with Gasteiger partial charge < -0.3 is 19.5 Å². The number of aromatic nitrogens is 3. The molecule has 0 aliphatic carbocycles. The average molecular weight is 386 g/mol. The highest BCUT2D eigenvalue weighted by atomic mass is 35.5. The molecule has 4 rings (SSSR count). The van der Waals surface area contributed by atoms with E-state index in [0.29, 0.717) is 29.5 Å². The summed E-state index contributed by atoms with van der Waals surface area (Å²) in [6.07, 6.45) is 4.42. The number of pyridine rings is 1. The van der Waals surface area contributed by atoms with Crippen LogP contribution in [0.2, 0.25) is 5.02 Å². The second-order valence-electron chi connectivity index (χ2n) is 6.60. The van der Waals surface area contributed by atoms with Gasteiger partial charge in [0.15, 0.2) is 0 Å². The summed E-state index contributed by atoms with van der Waals surface area (Å²) in [5.74, 6) is 1.74. The SMILES string of the molecule is COc1ccc(Cl)cc1NC(=O)N1CCC(c2nc3ccncc3n2C)C1. The van der Waals surface area contributed by atoms with E-state index >= 15 is 0 Å². The zero-order valence-corrected chi connectivity index (χ0v) is 15.9. The Balaban J connectivity index is 1.50. The minimum atomic E-state index is -0.168. The molecule has 7 nitrogen and oxygen atoms in total. The average Bonchev–Trinajstić information content (AvgIpc) is 3.27. The predicted octanol–water partition coefficient (Wildman–Crippen LogP) is 3.65. The Hall–Kier alpha value is -2.80. The first-order valence-electron chi connectivity index (χ1n) is 8.72. The van der Waals surface area contributed by atoms with Gasteiger partial charge in [0.05, 0.1) is 30.0 Å². The Morgan fingerprint density at radius 3 is 3.00 bits per heavy atom. The van der Waals surface area contributed by atoms with Crippen LogP contribution in [0.25, 0.3) is 11.0 Å². The number of carbonyl (C=O) groups excluding carboxylic acids is 1. The van der Waals surface area contributed by atoms with Gasteiger partial charge >= 0.3 is 6.03 Å². The summed E-state index contributed by atoms with van der Waals surface area (Å²) in [6, 6.07) is 6.88. The summed E-state index contributed by atoms with van der Waals surface area (Å²) in [7, 11) is 3.55. The fraction of sp³-hybridized carbons (Fsp3) is 0.316. The Kier molecular flexibility index (Phi) is 4.61. The number of methoxy groups -OCH3 is 1. The Bertz CT molecular complexity index is 1000. The molecule has 2 amide bonds.